The fourth-order valence-corrected chi connectivity index (χ4v) is 4.17. The van der Waals surface area contributed by atoms with Gasteiger partial charge in [-0.1, -0.05) is 18.2 Å². The van der Waals surface area contributed by atoms with Crippen molar-refractivity contribution in [1.82, 2.24) is 24.6 Å². The molecule has 4 aromatic rings. The Morgan fingerprint density at radius 1 is 1.03 bits per heavy atom. The molecule has 9 heteroatoms. The molecule has 1 unspecified atom stereocenters. The molecule has 33 heavy (non-hydrogen) atoms. The van der Waals surface area contributed by atoms with Gasteiger partial charge in [0, 0.05) is 19.6 Å². The molecule has 170 valence electrons. The van der Waals surface area contributed by atoms with Crippen molar-refractivity contribution in [2.75, 3.05) is 38.2 Å². The van der Waals surface area contributed by atoms with Gasteiger partial charge in [0.1, 0.15) is 23.3 Å². The number of benzene rings is 2. The maximum absolute atomic E-state index is 13.8. The van der Waals surface area contributed by atoms with E-state index >= 15 is 0 Å². The Morgan fingerprint density at radius 2 is 1.82 bits per heavy atom. The number of hydrogen-bond donors (Lipinski definition) is 1. The number of ether oxygens (including phenoxy) is 1. The lowest BCUT2D eigenvalue weighted by Gasteiger charge is -2.35. The highest BCUT2D eigenvalue weighted by Gasteiger charge is 2.23. The molecule has 3 heterocycles. The van der Waals surface area contributed by atoms with Gasteiger partial charge in [0.2, 0.25) is 0 Å². The van der Waals surface area contributed by atoms with E-state index in [4.69, 9.17) is 4.74 Å². The third-order valence-electron chi connectivity index (χ3n) is 5.80. The van der Waals surface area contributed by atoms with E-state index in [-0.39, 0.29) is 17.7 Å². The number of anilines is 1. The smallest absolute Gasteiger partial charge is 0.168 e. The summed E-state index contributed by atoms with van der Waals surface area (Å²) in [5.41, 5.74) is 2.20. The van der Waals surface area contributed by atoms with Crippen LogP contribution in [0.4, 0.5) is 14.6 Å². The first kappa shape index (κ1) is 21.4. The topological polar surface area (TPSA) is 68.1 Å². The van der Waals surface area contributed by atoms with Crippen molar-refractivity contribution in [3.8, 4) is 5.69 Å². The summed E-state index contributed by atoms with van der Waals surface area (Å²) in [6.45, 7) is 5.28. The van der Waals surface area contributed by atoms with Gasteiger partial charge in [-0.3, -0.25) is 4.90 Å². The standard InChI is InChI=1S/C24H24F2N6O/c1-16-29-23(21-14-28-32(24(21)30-16)20-4-2-3-19(26)13-20)27-15-22(31-9-11-33-12-10-31)17-5-7-18(25)8-6-17/h2-8,13-14,22H,9-12,15H2,1H3,(H,27,29,30). The molecule has 2 aromatic heterocycles. The first-order valence-electron chi connectivity index (χ1n) is 10.9. The van der Waals surface area contributed by atoms with Crippen LogP contribution in [0.25, 0.3) is 16.7 Å². The summed E-state index contributed by atoms with van der Waals surface area (Å²) >= 11 is 0. The summed E-state index contributed by atoms with van der Waals surface area (Å²) in [5, 5.41) is 8.63. The molecule has 1 saturated heterocycles. The third-order valence-corrected chi connectivity index (χ3v) is 5.80. The summed E-state index contributed by atoms with van der Waals surface area (Å²) < 4.78 is 34.4. The molecular formula is C24H24F2N6O. The molecule has 1 aliphatic heterocycles. The average molecular weight is 450 g/mol. The van der Waals surface area contributed by atoms with E-state index in [0.717, 1.165) is 24.0 Å². The SMILES string of the molecule is Cc1nc(NCC(c2ccc(F)cc2)N2CCOCC2)c2cnn(-c3cccc(F)c3)c2n1. The van der Waals surface area contributed by atoms with Crippen molar-refractivity contribution in [3.05, 3.63) is 77.8 Å². The zero-order valence-corrected chi connectivity index (χ0v) is 18.2. The molecule has 0 bridgehead atoms. The average Bonchev–Trinajstić information content (AvgIpc) is 3.25. The lowest BCUT2D eigenvalue weighted by Crippen LogP contribution is -2.41. The number of nitrogens with zero attached hydrogens (tertiary/aromatic N) is 5. The molecule has 1 fully saturated rings. The number of hydrogen-bond acceptors (Lipinski definition) is 6. The molecule has 2 aromatic carbocycles. The van der Waals surface area contributed by atoms with Gasteiger partial charge in [-0.15, -0.1) is 0 Å². The molecule has 0 saturated carbocycles. The van der Waals surface area contributed by atoms with E-state index in [9.17, 15) is 8.78 Å². The Bertz CT molecular complexity index is 1250. The van der Waals surface area contributed by atoms with Crippen molar-refractivity contribution < 1.29 is 13.5 Å². The van der Waals surface area contributed by atoms with Crippen LogP contribution < -0.4 is 5.32 Å². The van der Waals surface area contributed by atoms with Gasteiger partial charge in [0.25, 0.3) is 0 Å². The van der Waals surface area contributed by atoms with Crippen molar-refractivity contribution in [3.63, 3.8) is 0 Å². The van der Waals surface area contributed by atoms with Gasteiger partial charge in [0.15, 0.2) is 5.65 Å². The molecule has 1 N–H and O–H groups in total. The van der Waals surface area contributed by atoms with Crippen LogP contribution >= 0.6 is 0 Å². The van der Waals surface area contributed by atoms with Crippen LogP contribution in [0.15, 0.2) is 54.7 Å². The first-order valence-corrected chi connectivity index (χ1v) is 10.9. The van der Waals surface area contributed by atoms with E-state index in [1.807, 2.05) is 19.1 Å². The van der Waals surface area contributed by atoms with Crippen LogP contribution in [0.5, 0.6) is 0 Å². The number of aryl methyl sites for hydroxylation is 1. The number of nitrogens with one attached hydrogen (secondary N) is 1. The Labute approximate surface area is 190 Å². The Hall–Kier alpha value is -3.43. The fraction of sp³-hybridized carbons (Fsp3) is 0.292. The molecule has 0 spiro atoms. The van der Waals surface area contributed by atoms with Crippen molar-refractivity contribution >= 4 is 16.9 Å². The Morgan fingerprint density at radius 3 is 2.58 bits per heavy atom. The largest absolute Gasteiger partial charge is 0.379 e. The Kier molecular flexibility index (Phi) is 5.97. The number of rotatable bonds is 6. The van der Waals surface area contributed by atoms with Crippen LogP contribution in [-0.4, -0.2) is 57.5 Å². The third kappa shape index (κ3) is 4.55. The van der Waals surface area contributed by atoms with E-state index < -0.39 is 0 Å². The van der Waals surface area contributed by atoms with Crippen LogP contribution in [0.1, 0.15) is 17.4 Å². The number of halogens is 2. The number of fused-ring (bicyclic) bond motifs is 1. The van der Waals surface area contributed by atoms with E-state index in [1.165, 1.54) is 24.3 Å². The lowest BCUT2D eigenvalue weighted by molar-refractivity contribution is 0.0187. The van der Waals surface area contributed by atoms with E-state index in [0.29, 0.717) is 42.7 Å². The van der Waals surface area contributed by atoms with Gasteiger partial charge in [-0.25, -0.2) is 23.4 Å². The highest BCUT2D eigenvalue weighted by atomic mass is 19.1. The highest BCUT2D eigenvalue weighted by Crippen LogP contribution is 2.26. The summed E-state index contributed by atoms with van der Waals surface area (Å²) in [6, 6.07) is 12.9. The Balaban J connectivity index is 1.46. The van der Waals surface area contributed by atoms with E-state index in [1.54, 1.807) is 23.0 Å². The predicted molar refractivity (Wildman–Crippen MR) is 121 cm³/mol. The first-order chi connectivity index (χ1) is 16.1. The maximum Gasteiger partial charge on any atom is 0.168 e. The summed E-state index contributed by atoms with van der Waals surface area (Å²) in [5.74, 6) is 0.631. The van der Waals surface area contributed by atoms with Crippen LogP contribution in [-0.2, 0) is 4.74 Å². The number of morpholine rings is 1. The quantitative estimate of drug-likeness (QED) is 0.481. The second-order valence-corrected chi connectivity index (χ2v) is 7.99. The minimum atomic E-state index is -0.340. The molecule has 0 amide bonds. The summed E-state index contributed by atoms with van der Waals surface area (Å²) in [6.07, 6.45) is 1.68. The normalized spacial score (nSPS) is 15.6. The van der Waals surface area contributed by atoms with Gasteiger partial charge in [-0.05, 0) is 42.8 Å². The lowest BCUT2D eigenvalue weighted by atomic mass is 10.0. The second-order valence-electron chi connectivity index (χ2n) is 7.99. The van der Waals surface area contributed by atoms with Crippen LogP contribution in [0.2, 0.25) is 0 Å². The van der Waals surface area contributed by atoms with Gasteiger partial charge in [-0.2, -0.15) is 5.10 Å². The van der Waals surface area contributed by atoms with Gasteiger partial charge < -0.3 is 10.1 Å². The molecule has 0 aliphatic carbocycles. The molecule has 1 atom stereocenters. The van der Waals surface area contributed by atoms with E-state index in [2.05, 4.69) is 25.3 Å². The van der Waals surface area contributed by atoms with Crippen molar-refractivity contribution in [2.45, 2.75) is 13.0 Å². The summed E-state index contributed by atoms with van der Waals surface area (Å²) in [4.78, 5) is 11.5. The fourth-order valence-electron chi connectivity index (χ4n) is 4.17. The zero-order chi connectivity index (χ0) is 22.8. The minimum absolute atomic E-state index is 0.0121. The van der Waals surface area contributed by atoms with Crippen molar-refractivity contribution in [2.24, 2.45) is 0 Å². The second kappa shape index (κ2) is 9.21. The molecule has 7 nitrogen and oxygen atoms in total. The number of aromatic nitrogens is 4. The predicted octanol–water partition coefficient (Wildman–Crippen LogP) is 3.89. The van der Waals surface area contributed by atoms with Crippen molar-refractivity contribution in [1.29, 1.82) is 0 Å². The summed E-state index contributed by atoms with van der Waals surface area (Å²) in [7, 11) is 0. The zero-order valence-electron chi connectivity index (χ0n) is 18.2. The molecule has 1 aliphatic rings. The molecule has 0 radical (unpaired) electrons. The van der Waals surface area contributed by atoms with Crippen LogP contribution in [0.3, 0.4) is 0 Å². The van der Waals surface area contributed by atoms with Gasteiger partial charge in [0.05, 0.1) is 36.5 Å². The minimum Gasteiger partial charge on any atom is -0.379 e. The maximum atomic E-state index is 13.8. The van der Waals surface area contributed by atoms with Crippen LogP contribution in [0, 0.1) is 18.6 Å². The molecule has 5 rings (SSSR count). The van der Waals surface area contributed by atoms with Gasteiger partial charge >= 0.3 is 0 Å². The molecular weight excluding hydrogens is 426 g/mol. The highest BCUT2D eigenvalue weighted by molar-refractivity contribution is 5.87. The monoisotopic (exact) mass is 450 g/mol.